The highest BCUT2D eigenvalue weighted by molar-refractivity contribution is 7.12. The normalized spacial score (nSPS) is 25.2. The predicted octanol–water partition coefficient (Wildman–Crippen LogP) is 1.90. The number of aryl methyl sites for hydroxylation is 1. The van der Waals surface area contributed by atoms with Gasteiger partial charge in [0.2, 0.25) is 0 Å². The maximum Gasteiger partial charge on any atom is 0.0274 e. The minimum Gasteiger partial charge on any atom is -0.326 e. The summed E-state index contributed by atoms with van der Waals surface area (Å²) in [6.45, 7) is 8.70. The zero-order valence-corrected chi connectivity index (χ0v) is 12.8. The first-order chi connectivity index (χ1) is 8.51. The molecular weight excluding hydrogens is 242 g/mol. The molecule has 102 valence electrons. The van der Waals surface area contributed by atoms with Gasteiger partial charge in [-0.25, -0.2) is 0 Å². The first-order valence-electron chi connectivity index (χ1n) is 6.68. The molecule has 0 amide bonds. The molecule has 1 aromatic heterocycles. The van der Waals surface area contributed by atoms with Crippen LogP contribution in [0.15, 0.2) is 6.07 Å². The van der Waals surface area contributed by atoms with E-state index < -0.39 is 0 Å². The van der Waals surface area contributed by atoms with Crippen molar-refractivity contribution in [2.24, 2.45) is 11.7 Å². The number of hydrogen-bond donors (Lipinski definition) is 1. The molecule has 0 spiro atoms. The molecule has 1 aliphatic heterocycles. The van der Waals surface area contributed by atoms with E-state index >= 15 is 0 Å². The molecule has 3 nitrogen and oxygen atoms in total. The van der Waals surface area contributed by atoms with Crippen molar-refractivity contribution in [3.63, 3.8) is 0 Å². The van der Waals surface area contributed by atoms with Crippen molar-refractivity contribution in [1.82, 2.24) is 9.80 Å². The molecule has 1 aliphatic rings. The van der Waals surface area contributed by atoms with Crippen molar-refractivity contribution in [3.8, 4) is 0 Å². The standard InChI is InChI=1S/C14H25N3S/c1-10-7-17(9-14(10)16(3)4)8-12-5-13(6-15)18-11(12)2/h5,10,14H,6-9,15H2,1-4H3. The third-order valence-electron chi connectivity index (χ3n) is 3.98. The zero-order valence-electron chi connectivity index (χ0n) is 11.9. The summed E-state index contributed by atoms with van der Waals surface area (Å²) in [4.78, 5) is 7.66. The quantitative estimate of drug-likeness (QED) is 0.904. The highest BCUT2D eigenvalue weighted by Crippen LogP contribution is 2.26. The Morgan fingerprint density at radius 2 is 2.17 bits per heavy atom. The van der Waals surface area contributed by atoms with Crippen LogP contribution in [0, 0.1) is 12.8 Å². The molecule has 4 heteroatoms. The molecule has 1 saturated heterocycles. The van der Waals surface area contributed by atoms with Crippen LogP contribution in [0.2, 0.25) is 0 Å². The van der Waals surface area contributed by atoms with E-state index in [-0.39, 0.29) is 0 Å². The Kier molecular flexibility index (Phi) is 4.43. The third-order valence-corrected chi connectivity index (χ3v) is 5.09. The second-order valence-electron chi connectivity index (χ2n) is 5.70. The van der Waals surface area contributed by atoms with Crippen molar-refractivity contribution in [1.29, 1.82) is 0 Å². The van der Waals surface area contributed by atoms with Crippen molar-refractivity contribution in [2.75, 3.05) is 27.2 Å². The minimum absolute atomic E-state index is 0.669. The van der Waals surface area contributed by atoms with Crippen LogP contribution in [0.3, 0.4) is 0 Å². The van der Waals surface area contributed by atoms with E-state index in [2.05, 4.69) is 43.8 Å². The lowest BCUT2D eigenvalue weighted by atomic mass is 10.1. The SMILES string of the molecule is Cc1sc(CN)cc1CN1CC(C)C(N(C)C)C1. The second-order valence-corrected chi connectivity index (χ2v) is 7.04. The van der Waals surface area contributed by atoms with E-state index in [4.69, 9.17) is 5.73 Å². The number of nitrogens with two attached hydrogens (primary N) is 1. The van der Waals surface area contributed by atoms with E-state index in [1.54, 1.807) is 0 Å². The highest BCUT2D eigenvalue weighted by atomic mass is 32.1. The molecule has 0 bridgehead atoms. The van der Waals surface area contributed by atoms with Gasteiger partial charge in [-0.2, -0.15) is 0 Å². The molecule has 18 heavy (non-hydrogen) atoms. The van der Waals surface area contributed by atoms with Gasteiger partial charge >= 0.3 is 0 Å². The fourth-order valence-corrected chi connectivity index (χ4v) is 3.87. The Balaban J connectivity index is 2.00. The van der Waals surface area contributed by atoms with Crippen LogP contribution in [0.1, 0.15) is 22.2 Å². The summed E-state index contributed by atoms with van der Waals surface area (Å²) in [7, 11) is 4.38. The molecule has 0 aromatic carbocycles. The number of hydrogen-bond acceptors (Lipinski definition) is 4. The topological polar surface area (TPSA) is 32.5 Å². The Morgan fingerprint density at radius 1 is 1.44 bits per heavy atom. The van der Waals surface area contributed by atoms with Crippen LogP contribution < -0.4 is 5.73 Å². The molecule has 1 fully saturated rings. The van der Waals surface area contributed by atoms with Gasteiger partial charge in [0.05, 0.1) is 0 Å². The Bertz CT molecular complexity index is 400. The molecule has 2 heterocycles. The summed E-state index contributed by atoms with van der Waals surface area (Å²) in [5.74, 6) is 0.757. The van der Waals surface area contributed by atoms with Crippen LogP contribution in [0.5, 0.6) is 0 Å². The van der Waals surface area contributed by atoms with Gasteiger partial charge < -0.3 is 10.6 Å². The smallest absolute Gasteiger partial charge is 0.0274 e. The van der Waals surface area contributed by atoms with Gasteiger partial charge in [-0.3, -0.25) is 4.90 Å². The molecule has 2 atom stereocenters. The number of likely N-dealkylation sites (N-methyl/N-ethyl adjacent to an activating group) is 1. The van der Waals surface area contributed by atoms with Crippen molar-refractivity contribution >= 4 is 11.3 Å². The number of likely N-dealkylation sites (tertiary alicyclic amines) is 1. The van der Waals surface area contributed by atoms with Crippen molar-refractivity contribution < 1.29 is 0 Å². The molecular formula is C14H25N3S. The van der Waals surface area contributed by atoms with Crippen LogP contribution >= 0.6 is 11.3 Å². The monoisotopic (exact) mass is 267 g/mol. The zero-order chi connectivity index (χ0) is 13.3. The van der Waals surface area contributed by atoms with E-state index in [9.17, 15) is 0 Å². The van der Waals surface area contributed by atoms with E-state index in [1.165, 1.54) is 28.4 Å². The maximum atomic E-state index is 5.71. The van der Waals surface area contributed by atoms with Gasteiger partial charge in [0.25, 0.3) is 0 Å². The predicted molar refractivity (Wildman–Crippen MR) is 78.9 cm³/mol. The fourth-order valence-electron chi connectivity index (χ4n) is 2.94. The molecule has 0 radical (unpaired) electrons. The maximum absolute atomic E-state index is 5.71. The molecule has 2 N–H and O–H groups in total. The summed E-state index contributed by atoms with van der Waals surface area (Å²) in [6, 6.07) is 2.98. The van der Waals surface area contributed by atoms with Gasteiger partial charge in [0.1, 0.15) is 0 Å². The lowest BCUT2D eigenvalue weighted by Crippen LogP contribution is -2.34. The fraction of sp³-hybridized carbons (Fsp3) is 0.714. The number of thiophene rings is 1. The van der Waals surface area contributed by atoms with Crippen molar-refractivity contribution in [3.05, 3.63) is 21.4 Å². The Labute approximate surface area is 115 Å². The molecule has 2 rings (SSSR count). The van der Waals surface area contributed by atoms with Crippen LogP contribution in [-0.2, 0) is 13.1 Å². The van der Waals surface area contributed by atoms with Crippen LogP contribution in [0.25, 0.3) is 0 Å². The van der Waals surface area contributed by atoms with Gasteiger partial charge in [-0.1, -0.05) is 6.92 Å². The largest absolute Gasteiger partial charge is 0.326 e. The summed E-state index contributed by atoms with van der Waals surface area (Å²) < 4.78 is 0. The Morgan fingerprint density at radius 3 is 2.67 bits per heavy atom. The summed E-state index contributed by atoms with van der Waals surface area (Å²) in [6.07, 6.45) is 0. The van der Waals surface area contributed by atoms with Gasteiger partial charge in [-0.05, 0) is 38.6 Å². The van der Waals surface area contributed by atoms with Gasteiger partial charge in [0.15, 0.2) is 0 Å². The van der Waals surface area contributed by atoms with Crippen LogP contribution in [-0.4, -0.2) is 43.0 Å². The third kappa shape index (κ3) is 2.94. The van der Waals surface area contributed by atoms with Crippen molar-refractivity contribution in [2.45, 2.75) is 33.0 Å². The average molecular weight is 267 g/mol. The molecule has 0 aliphatic carbocycles. The van der Waals surface area contributed by atoms with Gasteiger partial charge in [-0.15, -0.1) is 11.3 Å². The number of rotatable bonds is 4. The van der Waals surface area contributed by atoms with Crippen LogP contribution in [0.4, 0.5) is 0 Å². The van der Waals surface area contributed by atoms with E-state index in [1.807, 2.05) is 11.3 Å². The van der Waals surface area contributed by atoms with Gasteiger partial charge in [0, 0.05) is 42.0 Å². The first kappa shape index (κ1) is 14.0. The molecule has 2 unspecified atom stereocenters. The highest BCUT2D eigenvalue weighted by Gasteiger charge is 2.31. The minimum atomic E-state index is 0.669. The lowest BCUT2D eigenvalue weighted by Gasteiger charge is -2.22. The van der Waals surface area contributed by atoms with E-state index in [0.29, 0.717) is 12.6 Å². The Hall–Kier alpha value is -0.420. The first-order valence-corrected chi connectivity index (χ1v) is 7.50. The molecule has 1 aromatic rings. The molecule has 0 saturated carbocycles. The average Bonchev–Trinajstić information content (AvgIpc) is 2.83. The summed E-state index contributed by atoms with van der Waals surface area (Å²) in [5, 5.41) is 0. The summed E-state index contributed by atoms with van der Waals surface area (Å²) in [5.41, 5.74) is 7.18. The summed E-state index contributed by atoms with van der Waals surface area (Å²) >= 11 is 1.84. The van der Waals surface area contributed by atoms with E-state index in [0.717, 1.165) is 12.5 Å². The lowest BCUT2D eigenvalue weighted by molar-refractivity contribution is 0.250. The number of nitrogens with zero attached hydrogens (tertiary/aromatic N) is 2. The second kappa shape index (κ2) is 5.70.